The van der Waals surface area contributed by atoms with Crippen LogP contribution in [0.3, 0.4) is 0 Å². The van der Waals surface area contributed by atoms with Gasteiger partial charge in [-0.15, -0.1) is 18.3 Å². The van der Waals surface area contributed by atoms with Crippen LogP contribution in [0.1, 0.15) is 36.0 Å². The van der Waals surface area contributed by atoms with Gasteiger partial charge < -0.3 is 4.74 Å². The topological polar surface area (TPSA) is 72.6 Å². The first kappa shape index (κ1) is 30.4. The third-order valence-electron chi connectivity index (χ3n) is 6.79. The summed E-state index contributed by atoms with van der Waals surface area (Å²) < 4.78 is 42.6. The number of unbranched alkanes of at least 4 members (excludes halogenated alkanes) is 1. The Labute approximate surface area is 256 Å². The number of amidine groups is 1. The van der Waals surface area contributed by atoms with Crippen molar-refractivity contribution < 1.29 is 22.7 Å². The molecule has 0 N–H and O–H groups in total. The van der Waals surface area contributed by atoms with E-state index in [1.165, 1.54) is 52.6 Å². The van der Waals surface area contributed by atoms with Crippen LogP contribution in [0.25, 0.3) is 17.1 Å². The standard InChI is InChI=1S/C31H28F3N5O2S2/c1-20-6-5-7-21(2)28(20)39-27(40)18-43-30(39)36-26(42)9-4-3-8-22-10-12-23(13-11-22)29-35-19-38(37-29)24-14-16-25(17-15-24)41-31(32,33)34/h5-7,10-17,19H,3-4,8-9,18H2,1-2H3. The molecule has 4 aromatic rings. The summed E-state index contributed by atoms with van der Waals surface area (Å²) in [5, 5.41) is 5.09. The molecule has 1 saturated heterocycles. The minimum absolute atomic E-state index is 0.0166. The average molecular weight is 624 g/mol. The van der Waals surface area contributed by atoms with E-state index in [0.29, 0.717) is 33.8 Å². The van der Waals surface area contributed by atoms with Gasteiger partial charge in [0.2, 0.25) is 5.91 Å². The fourth-order valence-electron chi connectivity index (χ4n) is 4.73. The number of nitrogens with zero attached hydrogens (tertiary/aromatic N) is 5. The number of hydrogen-bond acceptors (Lipinski definition) is 6. The Balaban J connectivity index is 1.12. The Morgan fingerprint density at radius 3 is 2.40 bits per heavy atom. The van der Waals surface area contributed by atoms with Gasteiger partial charge in [-0.25, -0.2) is 14.7 Å². The molecule has 1 aliphatic heterocycles. The number of thioether (sulfide) groups is 1. The number of halogens is 3. The van der Waals surface area contributed by atoms with Gasteiger partial charge in [0.1, 0.15) is 17.1 Å². The molecule has 7 nitrogen and oxygen atoms in total. The predicted molar refractivity (Wildman–Crippen MR) is 167 cm³/mol. The van der Waals surface area contributed by atoms with E-state index in [1.54, 1.807) is 4.90 Å². The van der Waals surface area contributed by atoms with Crippen molar-refractivity contribution in [2.24, 2.45) is 4.99 Å². The average Bonchev–Trinajstić information content (AvgIpc) is 3.59. The number of benzene rings is 3. The number of rotatable bonds is 9. The molecule has 0 aliphatic carbocycles. The Hall–Kier alpha value is -4.03. The van der Waals surface area contributed by atoms with Crippen molar-refractivity contribution in [2.45, 2.75) is 45.9 Å². The molecule has 0 spiro atoms. The maximum absolute atomic E-state index is 12.7. The summed E-state index contributed by atoms with van der Waals surface area (Å²) in [5.74, 6) is 0.578. The third kappa shape index (κ3) is 7.68. The zero-order valence-corrected chi connectivity index (χ0v) is 25.1. The fraction of sp³-hybridized carbons (Fsp3) is 0.258. The van der Waals surface area contributed by atoms with Crippen molar-refractivity contribution in [3.63, 3.8) is 0 Å². The Morgan fingerprint density at radius 1 is 1.02 bits per heavy atom. The first-order chi connectivity index (χ1) is 20.6. The fourth-order valence-corrected chi connectivity index (χ4v) is 5.90. The second-order valence-electron chi connectivity index (χ2n) is 10.0. The van der Waals surface area contributed by atoms with Gasteiger partial charge in [-0.05, 0) is 74.1 Å². The highest BCUT2D eigenvalue weighted by Gasteiger charge is 2.32. The van der Waals surface area contributed by atoms with Crippen molar-refractivity contribution >= 4 is 45.7 Å². The van der Waals surface area contributed by atoms with E-state index in [0.717, 1.165) is 41.6 Å². The summed E-state index contributed by atoms with van der Waals surface area (Å²) in [6, 6.07) is 19.3. The number of thiocarbonyl (C=S) groups is 1. The molecule has 2 heterocycles. The lowest BCUT2D eigenvalue weighted by Gasteiger charge is -2.20. The number of aliphatic imine (C=N–C) groups is 1. The number of aryl methyl sites for hydroxylation is 3. The summed E-state index contributed by atoms with van der Waals surface area (Å²) in [5.41, 5.74) is 5.49. The van der Waals surface area contributed by atoms with Crippen LogP contribution in [0.5, 0.6) is 5.75 Å². The van der Waals surface area contributed by atoms with Crippen molar-refractivity contribution in [3.8, 4) is 22.8 Å². The minimum Gasteiger partial charge on any atom is -0.406 e. The van der Waals surface area contributed by atoms with Crippen LogP contribution < -0.4 is 9.64 Å². The second kappa shape index (κ2) is 13.1. The van der Waals surface area contributed by atoms with E-state index in [4.69, 9.17) is 12.2 Å². The SMILES string of the molecule is Cc1cccc(C)c1N1C(=O)CSC1=NC(=S)CCCCc1ccc(-c2ncn(-c3ccc(OC(F)(F)F)cc3)n2)cc1. The Kier molecular flexibility index (Phi) is 9.26. The number of hydrogen-bond donors (Lipinski definition) is 0. The highest BCUT2D eigenvalue weighted by atomic mass is 32.2. The summed E-state index contributed by atoms with van der Waals surface area (Å²) in [7, 11) is 0. The number of anilines is 1. The maximum atomic E-state index is 12.7. The molecule has 5 rings (SSSR count). The maximum Gasteiger partial charge on any atom is 0.573 e. The number of aromatic nitrogens is 3. The lowest BCUT2D eigenvalue weighted by atomic mass is 10.0. The Morgan fingerprint density at radius 2 is 1.72 bits per heavy atom. The van der Waals surface area contributed by atoms with Gasteiger partial charge in [0.05, 0.1) is 17.1 Å². The van der Waals surface area contributed by atoms with Crippen molar-refractivity contribution in [2.75, 3.05) is 10.7 Å². The summed E-state index contributed by atoms with van der Waals surface area (Å²) in [4.78, 5) is 23.9. The number of carbonyl (C=O) groups is 1. The molecule has 1 amide bonds. The predicted octanol–water partition coefficient (Wildman–Crippen LogP) is 7.63. The largest absolute Gasteiger partial charge is 0.573 e. The third-order valence-corrected chi connectivity index (χ3v) is 8.01. The minimum atomic E-state index is -4.74. The van der Waals surface area contributed by atoms with Crippen LogP contribution in [0.2, 0.25) is 0 Å². The number of ether oxygens (including phenoxy) is 1. The monoisotopic (exact) mass is 623 g/mol. The highest BCUT2D eigenvalue weighted by molar-refractivity contribution is 8.15. The van der Waals surface area contributed by atoms with Crippen molar-refractivity contribution in [3.05, 3.63) is 89.7 Å². The zero-order valence-electron chi connectivity index (χ0n) is 23.5. The molecule has 1 aromatic heterocycles. The molecular formula is C31H28F3N5O2S2. The molecule has 3 aromatic carbocycles. The van der Waals surface area contributed by atoms with Crippen LogP contribution in [-0.2, 0) is 11.2 Å². The molecule has 1 aliphatic rings. The molecular weight excluding hydrogens is 596 g/mol. The number of amides is 1. The highest BCUT2D eigenvalue weighted by Crippen LogP contribution is 2.32. The summed E-state index contributed by atoms with van der Waals surface area (Å²) in [6.07, 6.45) is 0.107. The molecule has 1 fully saturated rings. The van der Waals surface area contributed by atoms with Crippen LogP contribution in [0.15, 0.2) is 78.0 Å². The summed E-state index contributed by atoms with van der Waals surface area (Å²) >= 11 is 6.98. The van der Waals surface area contributed by atoms with Gasteiger partial charge in [-0.3, -0.25) is 9.69 Å². The van der Waals surface area contributed by atoms with Gasteiger partial charge in [0.15, 0.2) is 11.0 Å². The van der Waals surface area contributed by atoms with Gasteiger partial charge in [0, 0.05) is 12.0 Å². The number of carbonyl (C=O) groups excluding carboxylic acids is 1. The molecule has 0 atom stereocenters. The Bertz CT molecular complexity index is 1630. The molecule has 0 saturated carbocycles. The van der Waals surface area contributed by atoms with E-state index in [-0.39, 0.29) is 11.7 Å². The van der Waals surface area contributed by atoms with Gasteiger partial charge in [0.25, 0.3) is 0 Å². The summed E-state index contributed by atoms with van der Waals surface area (Å²) in [6.45, 7) is 3.99. The van der Waals surface area contributed by atoms with Crippen molar-refractivity contribution in [1.82, 2.24) is 14.8 Å². The van der Waals surface area contributed by atoms with Crippen LogP contribution in [0, 0.1) is 13.8 Å². The van der Waals surface area contributed by atoms with Crippen molar-refractivity contribution in [1.29, 1.82) is 0 Å². The molecule has 0 unspecified atom stereocenters. The number of alkyl halides is 3. The van der Waals surface area contributed by atoms with Crippen LogP contribution in [-0.4, -0.2) is 42.9 Å². The first-order valence-corrected chi connectivity index (χ1v) is 15.0. The van der Waals surface area contributed by atoms with E-state index in [1.807, 2.05) is 56.3 Å². The van der Waals surface area contributed by atoms with E-state index < -0.39 is 6.36 Å². The molecule has 222 valence electrons. The van der Waals surface area contributed by atoms with Gasteiger partial charge in [-0.2, -0.15) is 0 Å². The second-order valence-corrected chi connectivity index (χ2v) is 11.4. The van der Waals surface area contributed by atoms with E-state index in [9.17, 15) is 18.0 Å². The lowest BCUT2D eigenvalue weighted by Crippen LogP contribution is -2.31. The van der Waals surface area contributed by atoms with E-state index >= 15 is 0 Å². The van der Waals surface area contributed by atoms with E-state index in [2.05, 4.69) is 19.8 Å². The van der Waals surface area contributed by atoms with Crippen LogP contribution in [0.4, 0.5) is 18.9 Å². The quantitative estimate of drug-likeness (QED) is 0.141. The first-order valence-electron chi connectivity index (χ1n) is 13.6. The molecule has 0 radical (unpaired) electrons. The van der Waals surface area contributed by atoms with Gasteiger partial charge >= 0.3 is 6.36 Å². The molecule has 43 heavy (non-hydrogen) atoms. The smallest absolute Gasteiger partial charge is 0.406 e. The number of para-hydroxylation sites is 1. The van der Waals surface area contributed by atoms with Crippen LogP contribution >= 0.6 is 24.0 Å². The molecule has 12 heteroatoms. The molecule has 0 bridgehead atoms. The zero-order chi connectivity index (χ0) is 30.6. The van der Waals surface area contributed by atoms with Gasteiger partial charge in [-0.1, -0.05) is 66.4 Å². The normalized spacial score (nSPS) is 14.5. The lowest BCUT2D eigenvalue weighted by molar-refractivity contribution is -0.274.